The number of nitrogens with zero attached hydrogens (tertiary/aromatic N) is 2. The van der Waals surface area contributed by atoms with E-state index in [-0.39, 0.29) is 11.8 Å². The standard InChI is InChI=1S/C13H16N4O2S/c1-10(18)14-5-2-6-15-12(19)4-3-11-9-16-13-17(11)7-8-20-13/h3-4,7-9H,2,5-6H2,1H3,(H,14,18)(H,15,19)/b4-3+. The van der Waals surface area contributed by atoms with Crippen LogP contribution in [-0.2, 0) is 9.59 Å². The number of thiazole rings is 1. The maximum absolute atomic E-state index is 11.6. The Morgan fingerprint density at radius 2 is 2.20 bits per heavy atom. The molecule has 0 fully saturated rings. The minimum absolute atomic E-state index is 0.0586. The lowest BCUT2D eigenvalue weighted by Gasteiger charge is -2.02. The summed E-state index contributed by atoms with van der Waals surface area (Å²) in [5.74, 6) is -0.213. The maximum Gasteiger partial charge on any atom is 0.244 e. The van der Waals surface area contributed by atoms with Crippen molar-refractivity contribution in [2.45, 2.75) is 13.3 Å². The second-order valence-electron chi connectivity index (χ2n) is 4.20. The SMILES string of the molecule is CC(=O)NCCCNC(=O)/C=C/c1cnc2sccn12. The molecule has 0 aliphatic heterocycles. The molecular formula is C13H16N4O2S. The molecule has 0 aliphatic rings. The minimum Gasteiger partial charge on any atom is -0.356 e. The average Bonchev–Trinajstić information content (AvgIpc) is 2.98. The number of hydrogen-bond acceptors (Lipinski definition) is 4. The highest BCUT2D eigenvalue weighted by atomic mass is 32.1. The van der Waals surface area contributed by atoms with E-state index >= 15 is 0 Å². The van der Waals surface area contributed by atoms with E-state index in [1.165, 1.54) is 13.0 Å². The maximum atomic E-state index is 11.6. The number of aromatic nitrogens is 2. The number of carbonyl (C=O) groups is 2. The summed E-state index contributed by atoms with van der Waals surface area (Å²) in [6, 6.07) is 0. The first-order valence-electron chi connectivity index (χ1n) is 6.28. The fraction of sp³-hybridized carbons (Fsp3) is 0.308. The molecule has 0 saturated carbocycles. The predicted octanol–water partition coefficient (Wildman–Crippen LogP) is 1.05. The molecule has 6 nitrogen and oxygen atoms in total. The van der Waals surface area contributed by atoms with Crippen LogP contribution in [0.2, 0.25) is 0 Å². The highest BCUT2D eigenvalue weighted by Crippen LogP contribution is 2.13. The van der Waals surface area contributed by atoms with Gasteiger partial charge in [-0.15, -0.1) is 11.3 Å². The van der Waals surface area contributed by atoms with Crippen LogP contribution < -0.4 is 10.6 Å². The van der Waals surface area contributed by atoms with E-state index in [4.69, 9.17) is 0 Å². The lowest BCUT2D eigenvalue weighted by Crippen LogP contribution is -2.27. The molecule has 0 aliphatic carbocycles. The fourth-order valence-electron chi connectivity index (χ4n) is 1.65. The Labute approximate surface area is 120 Å². The van der Waals surface area contributed by atoms with Crippen LogP contribution >= 0.6 is 11.3 Å². The third-order valence-electron chi connectivity index (χ3n) is 2.61. The number of rotatable bonds is 6. The second-order valence-corrected chi connectivity index (χ2v) is 5.07. The molecule has 2 heterocycles. The first kappa shape index (κ1) is 14.3. The third kappa shape index (κ3) is 3.92. The van der Waals surface area contributed by atoms with Crippen molar-refractivity contribution in [1.29, 1.82) is 0 Å². The van der Waals surface area contributed by atoms with Gasteiger partial charge in [-0.05, 0) is 12.5 Å². The van der Waals surface area contributed by atoms with Crippen molar-refractivity contribution >= 4 is 34.2 Å². The van der Waals surface area contributed by atoms with Crippen molar-refractivity contribution in [3.05, 3.63) is 29.5 Å². The van der Waals surface area contributed by atoms with Crippen LogP contribution in [0.3, 0.4) is 0 Å². The van der Waals surface area contributed by atoms with Crippen LogP contribution in [0.4, 0.5) is 0 Å². The van der Waals surface area contributed by atoms with Crippen molar-refractivity contribution < 1.29 is 9.59 Å². The Morgan fingerprint density at radius 1 is 1.40 bits per heavy atom. The van der Waals surface area contributed by atoms with Crippen LogP contribution in [0.25, 0.3) is 11.0 Å². The van der Waals surface area contributed by atoms with E-state index in [1.54, 1.807) is 23.6 Å². The molecule has 2 aromatic rings. The van der Waals surface area contributed by atoms with E-state index in [0.29, 0.717) is 19.5 Å². The Morgan fingerprint density at radius 3 is 3.00 bits per heavy atom. The average molecular weight is 292 g/mol. The Balaban J connectivity index is 1.75. The van der Waals surface area contributed by atoms with Crippen molar-refractivity contribution in [3.8, 4) is 0 Å². The second kappa shape index (κ2) is 6.85. The largest absolute Gasteiger partial charge is 0.356 e. The lowest BCUT2D eigenvalue weighted by molar-refractivity contribution is -0.119. The molecule has 2 rings (SSSR count). The van der Waals surface area contributed by atoms with Gasteiger partial charge in [-0.3, -0.25) is 14.0 Å². The number of amides is 2. The first-order valence-corrected chi connectivity index (χ1v) is 7.15. The zero-order valence-corrected chi connectivity index (χ0v) is 11.9. The van der Waals surface area contributed by atoms with Gasteiger partial charge in [0.2, 0.25) is 11.8 Å². The van der Waals surface area contributed by atoms with Crippen molar-refractivity contribution in [1.82, 2.24) is 20.0 Å². The number of nitrogens with one attached hydrogen (secondary N) is 2. The van der Waals surface area contributed by atoms with Gasteiger partial charge < -0.3 is 10.6 Å². The Hall–Kier alpha value is -2.15. The summed E-state index contributed by atoms with van der Waals surface area (Å²) in [6.07, 6.45) is 7.57. The topological polar surface area (TPSA) is 75.5 Å². The van der Waals surface area contributed by atoms with E-state index in [1.807, 2.05) is 16.0 Å². The normalized spacial score (nSPS) is 11.1. The minimum atomic E-state index is -0.155. The predicted molar refractivity (Wildman–Crippen MR) is 78.4 cm³/mol. The van der Waals surface area contributed by atoms with E-state index in [2.05, 4.69) is 15.6 Å². The quantitative estimate of drug-likeness (QED) is 0.617. The zero-order valence-electron chi connectivity index (χ0n) is 11.1. The van der Waals surface area contributed by atoms with E-state index < -0.39 is 0 Å². The molecule has 2 amide bonds. The summed E-state index contributed by atoms with van der Waals surface area (Å²) in [7, 11) is 0. The van der Waals surface area contributed by atoms with Gasteiger partial charge in [-0.1, -0.05) is 0 Å². The zero-order chi connectivity index (χ0) is 14.4. The van der Waals surface area contributed by atoms with Gasteiger partial charge in [0.15, 0.2) is 4.96 Å². The van der Waals surface area contributed by atoms with Gasteiger partial charge in [0.1, 0.15) is 0 Å². The smallest absolute Gasteiger partial charge is 0.244 e. The molecule has 7 heteroatoms. The molecular weight excluding hydrogens is 276 g/mol. The third-order valence-corrected chi connectivity index (χ3v) is 3.38. The highest BCUT2D eigenvalue weighted by Gasteiger charge is 2.01. The molecule has 0 aromatic carbocycles. The summed E-state index contributed by atoms with van der Waals surface area (Å²) in [5.41, 5.74) is 0.870. The Bertz CT molecular complexity index is 629. The molecule has 0 atom stereocenters. The summed E-state index contributed by atoms with van der Waals surface area (Å²) < 4.78 is 1.92. The van der Waals surface area contributed by atoms with Crippen molar-refractivity contribution in [2.24, 2.45) is 0 Å². The molecule has 106 valence electrons. The summed E-state index contributed by atoms with van der Waals surface area (Å²) in [5, 5.41) is 7.37. The molecule has 0 radical (unpaired) electrons. The van der Waals surface area contributed by atoms with Crippen LogP contribution in [-0.4, -0.2) is 34.3 Å². The molecule has 0 unspecified atom stereocenters. The first-order chi connectivity index (χ1) is 9.66. The Kier molecular flexibility index (Phi) is 4.89. The molecule has 0 spiro atoms. The molecule has 2 N–H and O–H groups in total. The van der Waals surface area contributed by atoms with Gasteiger partial charge >= 0.3 is 0 Å². The van der Waals surface area contributed by atoms with E-state index in [0.717, 1.165) is 10.7 Å². The number of fused-ring (bicyclic) bond motifs is 1. The van der Waals surface area contributed by atoms with Gasteiger partial charge in [0, 0.05) is 37.7 Å². The number of carbonyl (C=O) groups excluding carboxylic acids is 2. The van der Waals surface area contributed by atoms with Gasteiger partial charge in [-0.2, -0.15) is 0 Å². The van der Waals surface area contributed by atoms with Crippen molar-refractivity contribution in [3.63, 3.8) is 0 Å². The molecule has 2 aromatic heterocycles. The molecule has 0 bridgehead atoms. The monoisotopic (exact) mass is 292 g/mol. The molecule has 0 saturated heterocycles. The summed E-state index contributed by atoms with van der Waals surface area (Å²) in [4.78, 5) is 27.4. The molecule has 20 heavy (non-hydrogen) atoms. The van der Waals surface area contributed by atoms with Gasteiger partial charge in [-0.25, -0.2) is 4.98 Å². The lowest BCUT2D eigenvalue weighted by atomic mass is 10.3. The van der Waals surface area contributed by atoms with Crippen LogP contribution in [0, 0.1) is 0 Å². The fourth-order valence-corrected chi connectivity index (χ4v) is 2.35. The van der Waals surface area contributed by atoms with Crippen LogP contribution in [0.1, 0.15) is 19.0 Å². The summed E-state index contributed by atoms with van der Waals surface area (Å²) in [6.45, 7) is 2.57. The van der Waals surface area contributed by atoms with Gasteiger partial charge in [0.25, 0.3) is 0 Å². The van der Waals surface area contributed by atoms with Crippen LogP contribution in [0.5, 0.6) is 0 Å². The highest BCUT2D eigenvalue weighted by molar-refractivity contribution is 7.15. The van der Waals surface area contributed by atoms with Gasteiger partial charge in [0.05, 0.1) is 11.9 Å². The number of hydrogen-bond donors (Lipinski definition) is 2. The van der Waals surface area contributed by atoms with E-state index in [9.17, 15) is 9.59 Å². The number of imidazole rings is 1. The van der Waals surface area contributed by atoms with Crippen molar-refractivity contribution in [2.75, 3.05) is 13.1 Å². The van der Waals surface area contributed by atoms with Crippen LogP contribution in [0.15, 0.2) is 23.8 Å². The summed E-state index contributed by atoms with van der Waals surface area (Å²) >= 11 is 1.55.